The third kappa shape index (κ3) is 2.60. The molecule has 2 N–H and O–H groups in total. The number of carboxylic acids is 1. The third-order valence-corrected chi connectivity index (χ3v) is 4.06. The summed E-state index contributed by atoms with van der Waals surface area (Å²) in [5, 5.41) is 12.2. The molecule has 0 aliphatic carbocycles. The van der Waals surface area contributed by atoms with Gasteiger partial charge in [0, 0.05) is 23.7 Å². The molecular formula is C13H15BrFNO3. The van der Waals surface area contributed by atoms with Gasteiger partial charge in [-0.3, -0.25) is 4.79 Å². The molecule has 1 fully saturated rings. The Labute approximate surface area is 119 Å². The van der Waals surface area contributed by atoms with E-state index in [4.69, 9.17) is 9.84 Å². The number of hydrogen-bond acceptors (Lipinski definition) is 3. The van der Waals surface area contributed by atoms with Crippen molar-refractivity contribution in [1.29, 1.82) is 0 Å². The van der Waals surface area contributed by atoms with E-state index in [1.807, 2.05) is 0 Å². The second-order valence-electron chi connectivity index (χ2n) is 4.65. The van der Waals surface area contributed by atoms with Crippen LogP contribution in [0.4, 0.5) is 4.39 Å². The van der Waals surface area contributed by atoms with Crippen LogP contribution in [0.3, 0.4) is 0 Å². The Balaban J connectivity index is 2.38. The Morgan fingerprint density at radius 2 is 2.32 bits per heavy atom. The van der Waals surface area contributed by atoms with Crippen molar-refractivity contribution in [1.82, 2.24) is 5.32 Å². The van der Waals surface area contributed by atoms with Gasteiger partial charge in [0.1, 0.15) is 11.6 Å². The maximum Gasteiger partial charge on any atom is 0.307 e. The topological polar surface area (TPSA) is 58.6 Å². The lowest BCUT2D eigenvalue weighted by molar-refractivity contribution is -0.141. The Hall–Kier alpha value is -1.14. The second kappa shape index (κ2) is 5.46. The van der Waals surface area contributed by atoms with Gasteiger partial charge >= 0.3 is 5.97 Å². The van der Waals surface area contributed by atoms with E-state index < -0.39 is 11.9 Å². The monoisotopic (exact) mass is 331 g/mol. The largest absolute Gasteiger partial charge is 0.496 e. The van der Waals surface area contributed by atoms with E-state index in [0.717, 1.165) is 5.56 Å². The first kappa shape index (κ1) is 14.3. The second-order valence-corrected chi connectivity index (χ2v) is 5.51. The molecule has 2 unspecified atom stereocenters. The van der Waals surface area contributed by atoms with Gasteiger partial charge in [-0.25, -0.2) is 4.39 Å². The van der Waals surface area contributed by atoms with Gasteiger partial charge in [0.15, 0.2) is 0 Å². The normalized spacial score (nSPS) is 22.5. The molecule has 1 aliphatic rings. The molecule has 1 aromatic carbocycles. The molecule has 0 amide bonds. The molecule has 104 valence electrons. The van der Waals surface area contributed by atoms with Gasteiger partial charge in [-0.2, -0.15) is 0 Å². The molecule has 1 heterocycles. The van der Waals surface area contributed by atoms with E-state index in [2.05, 4.69) is 21.2 Å². The Bertz CT molecular complexity index is 521. The zero-order chi connectivity index (χ0) is 14.2. The number of hydrogen-bond donors (Lipinski definition) is 2. The van der Waals surface area contributed by atoms with E-state index >= 15 is 0 Å². The summed E-state index contributed by atoms with van der Waals surface area (Å²) in [7, 11) is 1.49. The summed E-state index contributed by atoms with van der Waals surface area (Å²) in [5.41, 5.74) is 1.21. The molecule has 0 bridgehead atoms. The summed E-state index contributed by atoms with van der Waals surface area (Å²) in [6.07, 6.45) is 0.475. The van der Waals surface area contributed by atoms with Crippen molar-refractivity contribution >= 4 is 21.9 Å². The number of methoxy groups -OCH3 is 1. The van der Waals surface area contributed by atoms with Crippen molar-refractivity contribution in [2.24, 2.45) is 5.92 Å². The maximum absolute atomic E-state index is 13.8. The first-order chi connectivity index (χ1) is 8.95. The van der Waals surface area contributed by atoms with Gasteiger partial charge in [-0.15, -0.1) is 0 Å². The molecule has 0 spiro atoms. The van der Waals surface area contributed by atoms with Crippen LogP contribution >= 0.6 is 15.9 Å². The Kier molecular flexibility index (Phi) is 4.10. The van der Waals surface area contributed by atoms with Gasteiger partial charge in [0.25, 0.3) is 0 Å². The van der Waals surface area contributed by atoms with Crippen molar-refractivity contribution in [2.75, 3.05) is 13.7 Å². The zero-order valence-electron chi connectivity index (χ0n) is 10.7. The van der Waals surface area contributed by atoms with Crippen LogP contribution in [0, 0.1) is 18.7 Å². The van der Waals surface area contributed by atoms with E-state index in [9.17, 15) is 9.18 Å². The molecule has 6 heteroatoms. The summed E-state index contributed by atoms with van der Waals surface area (Å²) in [5.74, 6) is -1.11. The highest BCUT2D eigenvalue weighted by Gasteiger charge is 2.32. The van der Waals surface area contributed by atoms with Crippen molar-refractivity contribution in [3.05, 3.63) is 27.5 Å². The number of nitrogens with one attached hydrogen (secondary N) is 1. The predicted octanol–water partition coefficient (Wildman–Crippen LogP) is 2.64. The average molecular weight is 332 g/mol. The summed E-state index contributed by atoms with van der Waals surface area (Å²) >= 11 is 3.18. The van der Waals surface area contributed by atoms with Crippen LogP contribution in [0.25, 0.3) is 0 Å². The summed E-state index contributed by atoms with van der Waals surface area (Å²) in [4.78, 5) is 11.0. The number of carboxylic acid groups (broad SMARTS) is 1. The fourth-order valence-electron chi connectivity index (χ4n) is 2.45. The fraction of sp³-hybridized carbons (Fsp3) is 0.462. The maximum atomic E-state index is 13.8. The quantitative estimate of drug-likeness (QED) is 0.893. The molecule has 1 aliphatic heterocycles. The summed E-state index contributed by atoms with van der Waals surface area (Å²) in [6.45, 7) is 2.06. The van der Waals surface area contributed by atoms with E-state index in [1.165, 1.54) is 7.11 Å². The average Bonchev–Trinajstić information content (AvgIpc) is 2.85. The smallest absolute Gasteiger partial charge is 0.307 e. The number of benzene rings is 1. The number of rotatable bonds is 3. The van der Waals surface area contributed by atoms with Gasteiger partial charge in [-0.05, 0) is 35.3 Å². The van der Waals surface area contributed by atoms with Crippen molar-refractivity contribution in [3.8, 4) is 5.75 Å². The van der Waals surface area contributed by atoms with Crippen LogP contribution in [0.2, 0.25) is 0 Å². The molecule has 0 radical (unpaired) electrons. The SMILES string of the molecule is COc1c(C2CC(C(=O)O)CN2)cc(Br)c(F)c1C. The van der Waals surface area contributed by atoms with E-state index in [1.54, 1.807) is 13.0 Å². The van der Waals surface area contributed by atoms with Crippen LogP contribution in [0.1, 0.15) is 23.6 Å². The zero-order valence-corrected chi connectivity index (χ0v) is 12.3. The lowest BCUT2D eigenvalue weighted by Gasteiger charge is -2.18. The first-order valence-electron chi connectivity index (χ1n) is 5.94. The molecule has 2 atom stereocenters. The highest BCUT2D eigenvalue weighted by atomic mass is 79.9. The predicted molar refractivity (Wildman–Crippen MR) is 71.9 cm³/mol. The van der Waals surface area contributed by atoms with Gasteiger partial charge < -0.3 is 15.2 Å². The Morgan fingerprint density at radius 1 is 1.63 bits per heavy atom. The molecule has 0 aromatic heterocycles. The minimum absolute atomic E-state index is 0.133. The van der Waals surface area contributed by atoms with Crippen molar-refractivity contribution < 1.29 is 19.0 Å². The van der Waals surface area contributed by atoms with Crippen LogP contribution in [0.15, 0.2) is 10.5 Å². The third-order valence-electron chi connectivity index (χ3n) is 3.48. The van der Waals surface area contributed by atoms with E-state index in [-0.39, 0.29) is 11.9 Å². The minimum atomic E-state index is -0.813. The van der Waals surface area contributed by atoms with Crippen LogP contribution in [-0.2, 0) is 4.79 Å². The van der Waals surface area contributed by atoms with Crippen molar-refractivity contribution in [3.63, 3.8) is 0 Å². The van der Waals surface area contributed by atoms with Gasteiger partial charge in [0.2, 0.25) is 0 Å². The molecule has 0 saturated carbocycles. The first-order valence-corrected chi connectivity index (χ1v) is 6.73. The fourth-order valence-corrected chi connectivity index (χ4v) is 3.00. The molecule has 1 saturated heterocycles. The van der Waals surface area contributed by atoms with Gasteiger partial charge in [0.05, 0.1) is 17.5 Å². The summed E-state index contributed by atoms with van der Waals surface area (Å²) in [6, 6.07) is 1.52. The highest BCUT2D eigenvalue weighted by Crippen LogP contribution is 2.38. The van der Waals surface area contributed by atoms with Crippen molar-refractivity contribution in [2.45, 2.75) is 19.4 Å². The summed E-state index contributed by atoms with van der Waals surface area (Å²) < 4.78 is 19.4. The number of ether oxygens (including phenoxy) is 1. The highest BCUT2D eigenvalue weighted by molar-refractivity contribution is 9.10. The number of aliphatic carboxylic acids is 1. The molecule has 2 rings (SSSR count). The van der Waals surface area contributed by atoms with Crippen LogP contribution in [0.5, 0.6) is 5.75 Å². The molecule has 4 nitrogen and oxygen atoms in total. The lowest BCUT2D eigenvalue weighted by Crippen LogP contribution is -2.17. The lowest BCUT2D eigenvalue weighted by atomic mass is 9.97. The minimum Gasteiger partial charge on any atom is -0.496 e. The molecule has 19 heavy (non-hydrogen) atoms. The molecular weight excluding hydrogens is 317 g/mol. The van der Waals surface area contributed by atoms with Crippen LogP contribution in [-0.4, -0.2) is 24.7 Å². The number of halogens is 2. The molecule has 1 aromatic rings. The van der Waals surface area contributed by atoms with Crippen LogP contribution < -0.4 is 10.1 Å². The number of carbonyl (C=O) groups is 1. The van der Waals surface area contributed by atoms with E-state index in [0.29, 0.717) is 28.8 Å². The Morgan fingerprint density at radius 3 is 2.84 bits per heavy atom. The standard InChI is InChI=1S/C13H15BrFNO3/c1-6-11(15)9(14)4-8(12(6)19-2)10-3-7(5-16-10)13(17)18/h4,7,10,16H,3,5H2,1-2H3,(H,17,18). The van der Waals surface area contributed by atoms with Gasteiger partial charge in [-0.1, -0.05) is 0 Å².